The van der Waals surface area contributed by atoms with Gasteiger partial charge >= 0.3 is 6.01 Å². The summed E-state index contributed by atoms with van der Waals surface area (Å²) in [5, 5.41) is 25.6. The number of hydrogen-bond acceptors (Lipinski definition) is 9. The molecule has 0 bridgehead atoms. The van der Waals surface area contributed by atoms with Crippen LogP contribution in [0.15, 0.2) is 41.3 Å². The van der Waals surface area contributed by atoms with E-state index in [1.165, 1.54) is 15.5 Å². The third-order valence-corrected chi connectivity index (χ3v) is 7.23. The summed E-state index contributed by atoms with van der Waals surface area (Å²) in [6, 6.07) is 9.82. The molecule has 1 aromatic carbocycles. The fraction of sp³-hybridized carbons (Fsp3) is 0.409. The average Bonchev–Trinajstić information content (AvgIpc) is 3.45. The van der Waals surface area contributed by atoms with Gasteiger partial charge in [0.15, 0.2) is 11.9 Å². The summed E-state index contributed by atoms with van der Waals surface area (Å²) in [5.41, 5.74) is 0.903. The second-order valence-electron chi connectivity index (χ2n) is 9.47. The molecule has 0 radical (unpaired) electrons. The van der Waals surface area contributed by atoms with Crippen LogP contribution in [0.3, 0.4) is 0 Å². The van der Waals surface area contributed by atoms with E-state index in [9.17, 15) is 4.79 Å². The van der Waals surface area contributed by atoms with Crippen molar-refractivity contribution in [3.05, 3.63) is 57.7 Å². The highest BCUT2D eigenvalue weighted by Crippen LogP contribution is 2.22. The molecule has 1 unspecified atom stereocenters. The van der Waals surface area contributed by atoms with E-state index in [1.54, 1.807) is 42.9 Å². The normalized spacial score (nSPS) is 12.6. The number of nitrogens with zero attached hydrogens (tertiary/aromatic N) is 9. The first-order chi connectivity index (χ1) is 17.1. The topological polar surface area (TPSA) is 128 Å². The first kappa shape index (κ1) is 25.7. The van der Waals surface area contributed by atoms with Crippen molar-refractivity contribution in [2.45, 2.75) is 45.4 Å². The highest BCUT2D eigenvalue weighted by Gasteiger charge is 2.20. The molecule has 0 saturated heterocycles. The molecular formula is C22H28ClN9O3Si. The molecule has 0 aliphatic carbocycles. The molecule has 0 aliphatic heterocycles. The summed E-state index contributed by atoms with van der Waals surface area (Å²) in [7, 11) is 0.539. The average molecular weight is 530 g/mol. The van der Waals surface area contributed by atoms with E-state index in [1.807, 2.05) is 6.07 Å². The Morgan fingerprint density at radius 2 is 1.94 bits per heavy atom. The summed E-state index contributed by atoms with van der Waals surface area (Å²) in [6.45, 7) is 9.31. The predicted molar refractivity (Wildman–Crippen MR) is 136 cm³/mol. The van der Waals surface area contributed by atoms with Gasteiger partial charge in [-0.05, 0) is 36.4 Å². The Kier molecular flexibility index (Phi) is 7.61. The van der Waals surface area contributed by atoms with E-state index < -0.39 is 14.2 Å². The van der Waals surface area contributed by atoms with Gasteiger partial charge < -0.3 is 9.47 Å². The Hall–Kier alpha value is -3.42. The van der Waals surface area contributed by atoms with Gasteiger partial charge in [-0.1, -0.05) is 42.4 Å². The van der Waals surface area contributed by atoms with Crippen molar-refractivity contribution in [2.24, 2.45) is 7.05 Å². The number of halogens is 1. The second-order valence-corrected chi connectivity index (χ2v) is 15.5. The van der Waals surface area contributed by atoms with E-state index in [0.717, 1.165) is 6.04 Å². The molecule has 0 aliphatic rings. The summed E-state index contributed by atoms with van der Waals surface area (Å²) >= 11 is 6.04. The molecule has 4 rings (SSSR count). The zero-order valence-electron chi connectivity index (χ0n) is 20.8. The first-order valence-corrected chi connectivity index (χ1v) is 15.5. The fourth-order valence-electron chi connectivity index (χ4n) is 3.16. The Morgan fingerprint density at radius 3 is 2.67 bits per heavy atom. The van der Waals surface area contributed by atoms with Gasteiger partial charge in [-0.25, -0.2) is 4.68 Å². The highest BCUT2D eigenvalue weighted by atomic mass is 35.5. The van der Waals surface area contributed by atoms with Gasteiger partial charge in [0, 0.05) is 38.4 Å². The smallest absolute Gasteiger partial charge is 0.317 e. The van der Waals surface area contributed by atoms with Crippen molar-refractivity contribution >= 4 is 19.7 Å². The molecule has 0 fully saturated rings. The molecule has 36 heavy (non-hydrogen) atoms. The van der Waals surface area contributed by atoms with Crippen molar-refractivity contribution < 1.29 is 9.47 Å². The van der Waals surface area contributed by atoms with Crippen LogP contribution in [0.2, 0.25) is 30.7 Å². The Labute approximate surface area is 213 Å². The Balaban J connectivity index is 1.42. The van der Waals surface area contributed by atoms with Crippen LogP contribution in [0.5, 0.6) is 6.01 Å². The summed E-state index contributed by atoms with van der Waals surface area (Å²) < 4.78 is 14.5. The van der Waals surface area contributed by atoms with Gasteiger partial charge in [0.25, 0.3) is 5.56 Å². The van der Waals surface area contributed by atoms with Crippen LogP contribution in [0.25, 0.3) is 17.1 Å². The Bertz CT molecular complexity index is 1400. The minimum Gasteiger partial charge on any atom is -0.452 e. The van der Waals surface area contributed by atoms with Crippen LogP contribution in [0.4, 0.5) is 0 Å². The standard InChI is InChI=1S/C22H28ClN9O3Si/c1-15(20-25-29-32(28-20)18-8-6-7-17(23)12-18)35-22-27-26-21(30(22)2)16-11-19(33)31(24-13-16)14-34-9-10-36(3,4)5/h6-8,11-13,15H,9-10,14H2,1-5H3. The van der Waals surface area contributed by atoms with E-state index in [2.05, 4.69) is 50.3 Å². The second kappa shape index (κ2) is 10.7. The highest BCUT2D eigenvalue weighted by molar-refractivity contribution is 6.76. The SMILES string of the molecule is CC(Oc1nnc(-c2cnn(COCC[Si](C)(C)C)c(=O)c2)n1C)c1nnn(-c2cccc(Cl)c2)n1. The van der Waals surface area contributed by atoms with E-state index in [0.29, 0.717) is 34.5 Å². The zero-order chi connectivity index (χ0) is 25.9. The molecule has 190 valence electrons. The van der Waals surface area contributed by atoms with Crippen LogP contribution in [0.1, 0.15) is 18.9 Å². The van der Waals surface area contributed by atoms with Crippen LogP contribution in [0, 0.1) is 0 Å². The summed E-state index contributed by atoms with van der Waals surface area (Å²) in [6.07, 6.45) is 0.992. The lowest BCUT2D eigenvalue weighted by Crippen LogP contribution is -2.26. The molecule has 3 heterocycles. The van der Waals surface area contributed by atoms with Crippen LogP contribution >= 0.6 is 11.6 Å². The van der Waals surface area contributed by atoms with Crippen LogP contribution in [-0.2, 0) is 18.5 Å². The molecule has 12 nitrogen and oxygen atoms in total. The lowest BCUT2D eigenvalue weighted by molar-refractivity contribution is 0.0750. The minimum absolute atomic E-state index is 0.108. The molecule has 0 spiro atoms. The number of aromatic nitrogens is 9. The van der Waals surface area contributed by atoms with Gasteiger partial charge in [-0.15, -0.1) is 20.1 Å². The number of rotatable bonds is 10. The first-order valence-electron chi connectivity index (χ1n) is 11.4. The molecule has 0 saturated carbocycles. The van der Waals surface area contributed by atoms with Gasteiger partial charge in [0.2, 0.25) is 5.82 Å². The molecule has 14 heteroatoms. The lowest BCUT2D eigenvalue weighted by atomic mass is 10.3. The lowest BCUT2D eigenvalue weighted by Gasteiger charge is -2.15. The molecule has 4 aromatic rings. The van der Waals surface area contributed by atoms with Gasteiger partial charge in [0.05, 0.1) is 11.9 Å². The van der Waals surface area contributed by atoms with E-state index in [-0.39, 0.29) is 18.3 Å². The number of benzene rings is 1. The minimum atomic E-state index is -1.20. The van der Waals surface area contributed by atoms with Gasteiger partial charge in [0.1, 0.15) is 6.73 Å². The van der Waals surface area contributed by atoms with Crippen molar-refractivity contribution in [1.29, 1.82) is 0 Å². The fourth-order valence-corrected chi connectivity index (χ4v) is 4.10. The number of tetrazole rings is 1. The van der Waals surface area contributed by atoms with Crippen molar-refractivity contribution in [1.82, 2.24) is 44.8 Å². The van der Waals surface area contributed by atoms with Crippen molar-refractivity contribution in [3.63, 3.8) is 0 Å². The van der Waals surface area contributed by atoms with Crippen LogP contribution in [-0.4, -0.2) is 59.4 Å². The Morgan fingerprint density at radius 1 is 1.14 bits per heavy atom. The third-order valence-electron chi connectivity index (χ3n) is 5.29. The van der Waals surface area contributed by atoms with E-state index in [4.69, 9.17) is 21.1 Å². The largest absolute Gasteiger partial charge is 0.452 e. The maximum atomic E-state index is 12.5. The van der Waals surface area contributed by atoms with Crippen molar-refractivity contribution in [2.75, 3.05) is 6.61 Å². The van der Waals surface area contributed by atoms with Crippen LogP contribution < -0.4 is 10.3 Å². The predicted octanol–water partition coefficient (Wildman–Crippen LogP) is 3.12. The quantitative estimate of drug-likeness (QED) is 0.225. The molecule has 3 aromatic heterocycles. The zero-order valence-corrected chi connectivity index (χ0v) is 22.5. The monoisotopic (exact) mass is 529 g/mol. The third kappa shape index (κ3) is 6.22. The molecular weight excluding hydrogens is 502 g/mol. The molecule has 0 N–H and O–H groups in total. The number of hydrogen-bond donors (Lipinski definition) is 0. The molecule has 1 atom stereocenters. The summed E-state index contributed by atoms with van der Waals surface area (Å²) in [4.78, 5) is 13.9. The summed E-state index contributed by atoms with van der Waals surface area (Å²) in [5.74, 6) is 0.794. The van der Waals surface area contributed by atoms with E-state index >= 15 is 0 Å². The van der Waals surface area contributed by atoms with Crippen molar-refractivity contribution in [3.8, 4) is 23.1 Å². The number of ether oxygens (including phenoxy) is 2. The maximum absolute atomic E-state index is 12.5. The van der Waals surface area contributed by atoms with Gasteiger partial charge in [-0.3, -0.25) is 9.36 Å². The maximum Gasteiger partial charge on any atom is 0.317 e. The van der Waals surface area contributed by atoms with Gasteiger partial charge in [-0.2, -0.15) is 5.10 Å². The molecule has 0 amide bonds.